The normalized spacial score (nSPS) is 11.7. The average Bonchev–Trinajstić information content (AvgIpc) is 2.34. The fraction of sp³-hybridized carbons (Fsp3) is 0.300. The number of aliphatic hydroxyl groups is 1. The first-order valence-corrected chi connectivity index (χ1v) is 4.71. The first-order chi connectivity index (χ1) is 8.04. The molecule has 7 heteroatoms. The van der Waals surface area contributed by atoms with E-state index < -0.39 is 23.9 Å². The van der Waals surface area contributed by atoms with Gasteiger partial charge in [0.1, 0.15) is 5.69 Å². The van der Waals surface area contributed by atoms with Crippen LogP contribution in [0.1, 0.15) is 10.5 Å². The molecule has 0 spiro atoms. The maximum Gasteiger partial charge on any atom is 0.336 e. The molecule has 1 unspecified atom stereocenters. The molecule has 1 rings (SSSR count). The van der Waals surface area contributed by atoms with Crippen molar-refractivity contribution in [3.05, 3.63) is 29.8 Å². The highest BCUT2D eigenvalue weighted by Crippen LogP contribution is 1.97. The Morgan fingerprint density at radius 2 is 2.29 bits per heavy atom. The molecule has 1 amide bonds. The van der Waals surface area contributed by atoms with Crippen LogP contribution in [-0.2, 0) is 9.53 Å². The number of pyridine rings is 1. The molecular weight excluding hydrogens is 231 g/mol. The monoisotopic (exact) mass is 242 g/mol. The molecule has 17 heavy (non-hydrogen) atoms. The number of amides is 1. The zero-order chi connectivity index (χ0) is 12.8. The maximum atomic E-state index is 12.7. The van der Waals surface area contributed by atoms with Gasteiger partial charge in [0.15, 0.2) is 6.10 Å². The number of aliphatic hydroxyl groups excluding tert-OH is 1. The number of halogens is 1. The summed E-state index contributed by atoms with van der Waals surface area (Å²) in [5, 5.41) is 11.4. The summed E-state index contributed by atoms with van der Waals surface area (Å²) in [5.41, 5.74) is -0.137. The van der Waals surface area contributed by atoms with E-state index in [0.717, 1.165) is 13.2 Å². The van der Waals surface area contributed by atoms with Gasteiger partial charge in [-0.3, -0.25) is 4.79 Å². The third-order valence-electron chi connectivity index (χ3n) is 1.88. The van der Waals surface area contributed by atoms with Crippen LogP contribution in [0.25, 0.3) is 0 Å². The predicted octanol–water partition coefficient (Wildman–Crippen LogP) is -0.516. The van der Waals surface area contributed by atoms with Crippen LogP contribution >= 0.6 is 0 Å². The fourth-order valence-electron chi connectivity index (χ4n) is 1.03. The average molecular weight is 242 g/mol. The molecule has 0 saturated carbocycles. The minimum atomic E-state index is -1.46. The first-order valence-electron chi connectivity index (χ1n) is 4.71. The number of esters is 1. The lowest BCUT2D eigenvalue weighted by molar-refractivity contribution is -0.149. The Bertz CT molecular complexity index is 425. The van der Waals surface area contributed by atoms with Crippen LogP contribution in [0.3, 0.4) is 0 Å². The molecule has 92 valence electrons. The number of carbonyl (C=O) groups is 2. The number of hydrogen-bond donors (Lipinski definition) is 2. The van der Waals surface area contributed by atoms with Crippen LogP contribution < -0.4 is 5.32 Å². The summed E-state index contributed by atoms with van der Waals surface area (Å²) >= 11 is 0. The van der Waals surface area contributed by atoms with E-state index in [2.05, 4.69) is 15.0 Å². The SMILES string of the molecule is COC(=O)C(O)CNC(=O)c1cccc(F)n1. The number of hydrogen-bond acceptors (Lipinski definition) is 5. The van der Waals surface area contributed by atoms with Gasteiger partial charge in [0, 0.05) is 0 Å². The van der Waals surface area contributed by atoms with E-state index in [1.165, 1.54) is 12.1 Å². The van der Waals surface area contributed by atoms with E-state index in [-0.39, 0.29) is 12.2 Å². The predicted molar refractivity (Wildman–Crippen MR) is 54.6 cm³/mol. The quantitative estimate of drug-likeness (QED) is 0.548. The Morgan fingerprint density at radius 1 is 1.59 bits per heavy atom. The summed E-state index contributed by atoms with van der Waals surface area (Å²) in [7, 11) is 1.11. The lowest BCUT2D eigenvalue weighted by Crippen LogP contribution is -2.37. The van der Waals surface area contributed by atoms with Crippen molar-refractivity contribution >= 4 is 11.9 Å². The molecule has 2 N–H and O–H groups in total. The fourth-order valence-corrected chi connectivity index (χ4v) is 1.03. The minimum Gasteiger partial charge on any atom is -0.467 e. The Labute approximate surface area is 96.4 Å². The van der Waals surface area contributed by atoms with Crippen molar-refractivity contribution in [2.24, 2.45) is 0 Å². The zero-order valence-corrected chi connectivity index (χ0v) is 9.01. The van der Waals surface area contributed by atoms with Crippen LogP contribution in [0.5, 0.6) is 0 Å². The zero-order valence-electron chi connectivity index (χ0n) is 9.01. The van der Waals surface area contributed by atoms with Crippen molar-refractivity contribution in [1.29, 1.82) is 0 Å². The van der Waals surface area contributed by atoms with Crippen molar-refractivity contribution in [2.45, 2.75) is 6.10 Å². The van der Waals surface area contributed by atoms with E-state index in [9.17, 15) is 19.1 Å². The van der Waals surface area contributed by atoms with Crippen LogP contribution in [0.15, 0.2) is 18.2 Å². The highest BCUT2D eigenvalue weighted by molar-refractivity contribution is 5.92. The summed E-state index contributed by atoms with van der Waals surface area (Å²) in [4.78, 5) is 25.6. The van der Waals surface area contributed by atoms with Gasteiger partial charge in [-0.15, -0.1) is 0 Å². The van der Waals surface area contributed by atoms with Crippen molar-refractivity contribution in [2.75, 3.05) is 13.7 Å². The molecule has 0 aliphatic heterocycles. The van der Waals surface area contributed by atoms with E-state index >= 15 is 0 Å². The number of aromatic nitrogens is 1. The molecule has 1 atom stereocenters. The smallest absolute Gasteiger partial charge is 0.336 e. The van der Waals surface area contributed by atoms with Crippen molar-refractivity contribution < 1.29 is 23.8 Å². The first kappa shape index (κ1) is 13.0. The second-order valence-electron chi connectivity index (χ2n) is 3.09. The molecule has 6 nitrogen and oxygen atoms in total. The lowest BCUT2D eigenvalue weighted by Gasteiger charge is -2.09. The number of methoxy groups -OCH3 is 1. The molecule has 0 radical (unpaired) electrons. The standard InChI is InChI=1S/C10H11FN2O4/c1-17-10(16)7(14)5-12-9(15)6-3-2-4-8(11)13-6/h2-4,7,14H,5H2,1H3,(H,12,15). The molecule has 1 heterocycles. The van der Waals surface area contributed by atoms with Gasteiger partial charge in [0.25, 0.3) is 5.91 Å². The number of nitrogens with zero attached hydrogens (tertiary/aromatic N) is 1. The minimum absolute atomic E-state index is 0.137. The Balaban J connectivity index is 2.53. The van der Waals surface area contributed by atoms with E-state index in [4.69, 9.17) is 0 Å². The summed E-state index contributed by atoms with van der Waals surface area (Å²) in [5.74, 6) is -2.34. The molecule has 1 aromatic rings. The number of nitrogens with one attached hydrogen (secondary N) is 1. The van der Waals surface area contributed by atoms with Crippen LogP contribution in [-0.4, -0.2) is 41.7 Å². The van der Waals surface area contributed by atoms with E-state index in [1.54, 1.807) is 0 Å². The Kier molecular flexibility index (Phi) is 4.53. The van der Waals surface area contributed by atoms with Gasteiger partial charge in [-0.2, -0.15) is 4.39 Å². The number of rotatable bonds is 4. The Hall–Kier alpha value is -2.02. The molecule has 0 aliphatic carbocycles. The highest BCUT2D eigenvalue weighted by Gasteiger charge is 2.17. The third kappa shape index (κ3) is 3.80. The molecule has 0 bridgehead atoms. The van der Waals surface area contributed by atoms with Crippen LogP contribution in [0, 0.1) is 5.95 Å². The summed E-state index contributed by atoms with van der Waals surface area (Å²) in [6.45, 7) is -0.330. The molecule has 0 aromatic carbocycles. The molecule has 1 aromatic heterocycles. The molecule has 0 saturated heterocycles. The van der Waals surface area contributed by atoms with Gasteiger partial charge in [-0.05, 0) is 12.1 Å². The maximum absolute atomic E-state index is 12.7. The molecule has 0 fully saturated rings. The number of carbonyl (C=O) groups excluding carboxylic acids is 2. The van der Waals surface area contributed by atoms with Gasteiger partial charge < -0.3 is 15.2 Å². The van der Waals surface area contributed by atoms with Crippen molar-refractivity contribution in [1.82, 2.24) is 10.3 Å². The summed E-state index contributed by atoms with van der Waals surface area (Å²) in [6, 6.07) is 3.73. The second-order valence-corrected chi connectivity index (χ2v) is 3.09. The third-order valence-corrected chi connectivity index (χ3v) is 1.88. The van der Waals surface area contributed by atoms with Crippen LogP contribution in [0.4, 0.5) is 4.39 Å². The topological polar surface area (TPSA) is 88.5 Å². The van der Waals surface area contributed by atoms with Gasteiger partial charge in [0.05, 0.1) is 13.7 Å². The second kappa shape index (κ2) is 5.90. The Morgan fingerprint density at radius 3 is 2.88 bits per heavy atom. The van der Waals surface area contributed by atoms with Gasteiger partial charge in [-0.1, -0.05) is 6.07 Å². The van der Waals surface area contributed by atoms with Crippen molar-refractivity contribution in [3.63, 3.8) is 0 Å². The molecular formula is C10H11FN2O4. The largest absolute Gasteiger partial charge is 0.467 e. The highest BCUT2D eigenvalue weighted by atomic mass is 19.1. The van der Waals surface area contributed by atoms with Gasteiger partial charge in [-0.25, -0.2) is 9.78 Å². The van der Waals surface area contributed by atoms with E-state index in [1.807, 2.05) is 0 Å². The van der Waals surface area contributed by atoms with Gasteiger partial charge in [0.2, 0.25) is 5.95 Å². The molecule has 0 aliphatic rings. The lowest BCUT2D eigenvalue weighted by atomic mass is 10.3. The van der Waals surface area contributed by atoms with Gasteiger partial charge >= 0.3 is 5.97 Å². The summed E-state index contributed by atoms with van der Waals surface area (Å²) in [6.07, 6.45) is -1.46. The summed E-state index contributed by atoms with van der Waals surface area (Å²) < 4.78 is 16.9. The van der Waals surface area contributed by atoms with E-state index in [0.29, 0.717) is 0 Å². The number of ether oxygens (including phenoxy) is 1. The van der Waals surface area contributed by atoms with Crippen LogP contribution in [0.2, 0.25) is 0 Å². The van der Waals surface area contributed by atoms with Crippen molar-refractivity contribution in [3.8, 4) is 0 Å².